The molecule has 3 radical (unpaired) electrons. The fourth-order valence-electron chi connectivity index (χ4n) is 1.10. The molecule has 0 amide bonds. The zero-order valence-electron chi connectivity index (χ0n) is 5.02. The van der Waals surface area contributed by atoms with Gasteiger partial charge in [0.15, 0.2) is 0 Å². The number of rotatable bonds is 0. The van der Waals surface area contributed by atoms with E-state index >= 15 is 0 Å². The molecule has 0 atom stereocenters. The zero-order valence-corrected chi connectivity index (χ0v) is 8.69. The van der Waals surface area contributed by atoms with Crippen molar-refractivity contribution in [1.29, 1.82) is 0 Å². The second-order valence-corrected chi connectivity index (χ2v) is 4.67. The molecule has 0 saturated heterocycles. The quantitative estimate of drug-likeness (QED) is 0.568. The fraction of sp³-hybridized carbons (Fsp3) is 1.00. The van der Waals surface area contributed by atoms with Crippen LogP contribution in [0.15, 0.2) is 0 Å². The number of hydrogen-bond donors (Lipinski definition) is 0. The SMILES string of the molecule is Cl.[Sn][CH]1CCCCC1. The van der Waals surface area contributed by atoms with Crippen molar-refractivity contribution in [1.82, 2.24) is 0 Å². The first kappa shape index (κ1) is 9.09. The summed E-state index contributed by atoms with van der Waals surface area (Å²) < 4.78 is 1.13. The van der Waals surface area contributed by atoms with E-state index in [4.69, 9.17) is 0 Å². The Morgan fingerprint density at radius 2 is 1.50 bits per heavy atom. The van der Waals surface area contributed by atoms with Gasteiger partial charge in [0.25, 0.3) is 0 Å². The summed E-state index contributed by atoms with van der Waals surface area (Å²) in [6.45, 7) is 0. The molecule has 0 nitrogen and oxygen atoms in total. The molecule has 0 N–H and O–H groups in total. The van der Waals surface area contributed by atoms with Gasteiger partial charge in [-0.1, -0.05) is 0 Å². The fourth-order valence-corrected chi connectivity index (χ4v) is 2.27. The maximum atomic E-state index is 1.77. The molecule has 2 heteroatoms. The van der Waals surface area contributed by atoms with Gasteiger partial charge in [-0.2, -0.15) is 0 Å². The van der Waals surface area contributed by atoms with Crippen molar-refractivity contribution in [3.8, 4) is 0 Å². The van der Waals surface area contributed by atoms with Crippen LogP contribution in [-0.4, -0.2) is 22.5 Å². The van der Waals surface area contributed by atoms with Crippen molar-refractivity contribution in [2.45, 2.75) is 36.0 Å². The van der Waals surface area contributed by atoms with Crippen molar-refractivity contribution in [3.63, 3.8) is 0 Å². The van der Waals surface area contributed by atoms with Gasteiger partial charge in [-0.25, -0.2) is 0 Å². The van der Waals surface area contributed by atoms with Crippen LogP contribution in [0.25, 0.3) is 0 Å². The molecule has 0 heterocycles. The van der Waals surface area contributed by atoms with Gasteiger partial charge in [0, 0.05) is 0 Å². The number of halogens is 1. The van der Waals surface area contributed by atoms with Gasteiger partial charge >= 0.3 is 58.6 Å². The Balaban J connectivity index is 0.000000490. The van der Waals surface area contributed by atoms with Gasteiger partial charge in [-0.05, 0) is 0 Å². The van der Waals surface area contributed by atoms with Crippen LogP contribution in [0, 0.1) is 0 Å². The third kappa shape index (κ3) is 3.18. The Bertz CT molecular complexity index is 50.5. The molecule has 8 heavy (non-hydrogen) atoms. The molecule has 0 aromatic heterocycles. The Morgan fingerprint density at radius 1 is 1.00 bits per heavy atom. The molecule has 0 unspecified atom stereocenters. The van der Waals surface area contributed by atoms with Gasteiger partial charge in [-0.15, -0.1) is 12.4 Å². The molecule has 0 aliphatic heterocycles. The molecule has 1 fully saturated rings. The average molecular weight is 238 g/mol. The third-order valence-corrected chi connectivity index (χ3v) is 3.25. The van der Waals surface area contributed by atoms with Gasteiger partial charge in [0.05, 0.1) is 0 Å². The molecule has 1 aliphatic carbocycles. The van der Waals surface area contributed by atoms with Crippen LogP contribution in [0.1, 0.15) is 32.1 Å². The summed E-state index contributed by atoms with van der Waals surface area (Å²) >= 11 is 1.77. The van der Waals surface area contributed by atoms with E-state index in [-0.39, 0.29) is 12.4 Å². The first-order valence-electron chi connectivity index (χ1n) is 3.11. The molecule has 0 spiro atoms. The Labute approximate surface area is 70.9 Å². The molecular formula is C6H12ClSn. The van der Waals surface area contributed by atoms with Crippen LogP contribution in [0.3, 0.4) is 0 Å². The minimum atomic E-state index is 0. The van der Waals surface area contributed by atoms with E-state index in [2.05, 4.69) is 0 Å². The van der Waals surface area contributed by atoms with Crippen LogP contribution in [0.5, 0.6) is 0 Å². The van der Waals surface area contributed by atoms with Crippen molar-refractivity contribution in [2.75, 3.05) is 0 Å². The van der Waals surface area contributed by atoms with E-state index in [0.29, 0.717) is 0 Å². The summed E-state index contributed by atoms with van der Waals surface area (Å²) in [7, 11) is 0. The molecule has 1 saturated carbocycles. The standard InChI is InChI=1S/C6H11.ClH.Sn/c1-2-4-6-5-3-1;;/h1H,2-6H2;1H;. The monoisotopic (exact) mass is 239 g/mol. The van der Waals surface area contributed by atoms with Gasteiger partial charge in [0.1, 0.15) is 0 Å². The maximum absolute atomic E-state index is 1.77. The second kappa shape index (κ2) is 4.92. The molecular weight excluding hydrogens is 226 g/mol. The summed E-state index contributed by atoms with van der Waals surface area (Å²) in [6, 6.07) is 0. The molecule has 0 aromatic rings. The molecule has 1 aliphatic rings. The van der Waals surface area contributed by atoms with E-state index in [0.717, 1.165) is 3.93 Å². The zero-order chi connectivity index (χ0) is 5.11. The summed E-state index contributed by atoms with van der Waals surface area (Å²) in [5.41, 5.74) is 0. The van der Waals surface area contributed by atoms with Crippen LogP contribution in [0.2, 0.25) is 3.93 Å². The predicted octanol–water partition coefficient (Wildman–Crippen LogP) is 2.33. The summed E-state index contributed by atoms with van der Waals surface area (Å²) in [4.78, 5) is 0. The van der Waals surface area contributed by atoms with Crippen LogP contribution in [0.4, 0.5) is 0 Å². The molecule has 0 bridgehead atoms. The number of hydrogen-bond acceptors (Lipinski definition) is 0. The molecule has 1 rings (SSSR count). The normalized spacial score (nSPS) is 22.1. The van der Waals surface area contributed by atoms with Crippen molar-refractivity contribution < 1.29 is 0 Å². The summed E-state index contributed by atoms with van der Waals surface area (Å²) in [5, 5.41) is 0. The van der Waals surface area contributed by atoms with Crippen LogP contribution in [-0.2, 0) is 0 Å². The Kier molecular flexibility index (Phi) is 5.59. The van der Waals surface area contributed by atoms with Crippen molar-refractivity contribution in [3.05, 3.63) is 0 Å². The minimum absolute atomic E-state index is 0. The Hall–Kier alpha value is 1.09. The average Bonchev–Trinajstić information content (AvgIpc) is 1.69. The van der Waals surface area contributed by atoms with E-state index in [1.54, 1.807) is 22.5 Å². The van der Waals surface area contributed by atoms with E-state index in [9.17, 15) is 0 Å². The van der Waals surface area contributed by atoms with Crippen molar-refractivity contribution >= 4 is 34.9 Å². The first-order chi connectivity index (χ1) is 3.39. The second-order valence-electron chi connectivity index (χ2n) is 2.33. The first-order valence-corrected chi connectivity index (χ1v) is 4.75. The molecule has 0 aromatic carbocycles. The summed E-state index contributed by atoms with van der Waals surface area (Å²) in [6.07, 6.45) is 7.58. The van der Waals surface area contributed by atoms with Crippen LogP contribution >= 0.6 is 12.4 Å². The Morgan fingerprint density at radius 3 is 1.75 bits per heavy atom. The predicted molar refractivity (Wildman–Crippen MR) is 39.8 cm³/mol. The van der Waals surface area contributed by atoms with E-state index < -0.39 is 0 Å². The van der Waals surface area contributed by atoms with Gasteiger partial charge < -0.3 is 0 Å². The van der Waals surface area contributed by atoms with E-state index in [1.165, 1.54) is 32.1 Å². The third-order valence-electron chi connectivity index (χ3n) is 1.61. The van der Waals surface area contributed by atoms with Crippen LogP contribution < -0.4 is 0 Å². The van der Waals surface area contributed by atoms with Gasteiger partial charge in [0.2, 0.25) is 0 Å². The summed E-state index contributed by atoms with van der Waals surface area (Å²) in [5.74, 6) is 0. The van der Waals surface area contributed by atoms with Gasteiger partial charge in [-0.3, -0.25) is 0 Å². The van der Waals surface area contributed by atoms with E-state index in [1.807, 2.05) is 0 Å². The molecule has 47 valence electrons. The topological polar surface area (TPSA) is 0 Å². The van der Waals surface area contributed by atoms with Crippen molar-refractivity contribution in [2.24, 2.45) is 0 Å².